The molecule has 0 saturated carbocycles. The Bertz CT molecular complexity index is 1090. The molecule has 2 unspecified atom stereocenters. The number of nitrogens with one attached hydrogen (secondary N) is 1. The molecule has 11 nitrogen and oxygen atoms in total. The normalized spacial score (nSPS) is 23.4. The molecule has 1 aromatic carbocycles. The lowest BCUT2D eigenvalue weighted by molar-refractivity contribution is -0.137. The van der Waals surface area contributed by atoms with Crippen molar-refractivity contribution >= 4 is 23.0 Å². The number of hydrogen-bond acceptors (Lipinski definition) is 9. The Morgan fingerprint density at radius 1 is 1.18 bits per heavy atom. The topological polar surface area (TPSA) is 169 Å². The van der Waals surface area contributed by atoms with Gasteiger partial charge in [0.1, 0.15) is 24.1 Å². The van der Waals surface area contributed by atoms with Gasteiger partial charge in [0, 0.05) is 13.0 Å². The summed E-state index contributed by atoms with van der Waals surface area (Å²) in [5, 5.41) is 33.9. The van der Waals surface area contributed by atoms with Crippen LogP contribution in [0.1, 0.15) is 37.5 Å². The SMILES string of the molecule is Nc1ncnc2c1ncn2[C@@H]1O[C@H](C[C@H](CCCC(=O)O)CNCc2ccccc2)C(O)C1O. The van der Waals surface area contributed by atoms with Gasteiger partial charge in [-0.1, -0.05) is 30.3 Å². The summed E-state index contributed by atoms with van der Waals surface area (Å²) in [6.07, 6.45) is 0.668. The number of anilines is 1. The largest absolute Gasteiger partial charge is 0.481 e. The standard InChI is InChI=1S/C23H30N6O5/c24-21-18-22(27-12-26-21)29(13-28-18)23-20(33)19(32)16(34-23)9-15(7-4-8-17(30)31)11-25-10-14-5-2-1-3-6-14/h1-3,5-6,12-13,15-16,19-20,23,25,32-33H,4,7-11H2,(H,30,31)(H2,24,26,27)/t15-,16+,19?,20?,23+/m0/s1. The monoisotopic (exact) mass is 470 g/mol. The van der Waals surface area contributed by atoms with E-state index >= 15 is 0 Å². The number of aromatic nitrogens is 4. The van der Waals surface area contributed by atoms with Crippen LogP contribution in [0.4, 0.5) is 5.82 Å². The highest BCUT2D eigenvalue weighted by atomic mass is 16.6. The van der Waals surface area contributed by atoms with Crippen molar-refractivity contribution in [3.05, 3.63) is 48.5 Å². The number of benzene rings is 1. The zero-order valence-electron chi connectivity index (χ0n) is 18.7. The van der Waals surface area contributed by atoms with Gasteiger partial charge in [-0.3, -0.25) is 9.36 Å². The van der Waals surface area contributed by atoms with Gasteiger partial charge < -0.3 is 31.1 Å². The number of ether oxygens (including phenoxy) is 1. The lowest BCUT2D eigenvalue weighted by atomic mass is 9.92. The van der Waals surface area contributed by atoms with Gasteiger partial charge in [-0.15, -0.1) is 0 Å². The van der Waals surface area contributed by atoms with E-state index in [-0.39, 0.29) is 18.2 Å². The third kappa shape index (κ3) is 5.50. The molecule has 0 bridgehead atoms. The second-order valence-corrected chi connectivity index (χ2v) is 8.63. The van der Waals surface area contributed by atoms with Gasteiger partial charge in [0.05, 0.1) is 12.4 Å². The molecule has 1 aliphatic rings. The van der Waals surface area contributed by atoms with Crippen LogP contribution in [0.5, 0.6) is 0 Å². The number of aliphatic hydroxyl groups excluding tert-OH is 2. The van der Waals surface area contributed by atoms with Crippen molar-refractivity contribution < 1.29 is 24.9 Å². The molecule has 34 heavy (non-hydrogen) atoms. The van der Waals surface area contributed by atoms with E-state index in [0.29, 0.717) is 43.5 Å². The van der Waals surface area contributed by atoms with Crippen LogP contribution in [-0.4, -0.2) is 65.7 Å². The van der Waals surface area contributed by atoms with Gasteiger partial charge in [-0.25, -0.2) is 15.0 Å². The quantitative estimate of drug-likeness (QED) is 0.273. The Balaban J connectivity index is 1.42. The van der Waals surface area contributed by atoms with Crippen LogP contribution >= 0.6 is 0 Å². The Labute approximate surface area is 196 Å². The number of carbonyl (C=O) groups is 1. The van der Waals surface area contributed by atoms with Crippen molar-refractivity contribution in [3.8, 4) is 0 Å². The molecule has 1 saturated heterocycles. The van der Waals surface area contributed by atoms with Gasteiger partial charge in [0.15, 0.2) is 17.7 Å². The fourth-order valence-corrected chi connectivity index (χ4v) is 4.40. The number of rotatable bonds is 11. The van der Waals surface area contributed by atoms with E-state index in [1.807, 2.05) is 30.3 Å². The van der Waals surface area contributed by atoms with Crippen molar-refractivity contribution in [1.82, 2.24) is 24.8 Å². The Kier molecular flexibility index (Phi) is 7.68. The number of hydrogen-bond donors (Lipinski definition) is 5. The highest BCUT2D eigenvalue weighted by Crippen LogP contribution is 2.35. The Morgan fingerprint density at radius 3 is 2.74 bits per heavy atom. The predicted octanol–water partition coefficient (Wildman–Crippen LogP) is 1.08. The fraction of sp³-hybridized carbons (Fsp3) is 0.478. The molecule has 2 aromatic heterocycles. The average molecular weight is 471 g/mol. The number of imidazole rings is 1. The number of aliphatic hydroxyl groups is 2. The smallest absolute Gasteiger partial charge is 0.303 e. The third-order valence-corrected chi connectivity index (χ3v) is 6.17. The first kappa shape index (κ1) is 24.0. The summed E-state index contributed by atoms with van der Waals surface area (Å²) in [6.45, 7) is 1.30. The molecule has 182 valence electrons. The van der Waals surface area contributed by atoms with E-state index in [2.05, 4.69) is 20.3 Å². The van der Waals surface area contributed by atoms with Crippen LogP contribution in [0.3, 0.4) is 0 Å². The maximum atomic E-state index is 11.0. The van der Waals surface area contributed by atoms with Gasteiger partial charge in [-0.2, -0.15) is 0 Å². The van der Waals surface area contributed by atoms with Gasteiger partial charge in [-0.05, 0) is 37.3 Å². The lowest BCUT2D eigenvalue weighted by Crippen LogP contribution is -2.34. The number of nitrogens with zero attached hydrogens (tertiary/aromatic N) is 4. The number of nitrogens with two attached hydrogens (primary N) is 1. The Hall–Kier alpha value is -3.12. The minimum absolute atomic E-state index is 0.0474. The van der Waals surface area contributed by atoms with Crippen LogP contribution in [-0.2, 0) is 16.1 Å². The maximum Gasteiger partial charge on any atom is 0.303 e. The summed E-state index contributed by atoms with van der Waals surface area (Å²) in [5.41, 5.74) is 7.80. The van der Waals surface area contributed by atoms with Gasteiger partial charge >= 0.3 is 5.97 Å². The molecule has 4 rings (SSSR count). The zero-order chi connectivity index (χ0) is 24.1. The van der Waals surface area contributed by atoms with Crippen molar-refractivity contribution in [2.45, 2.75) is 56.8 Å². The second-order valence-electron chi connectivity index (χ2n) is 8.63. The van der Waals surface area contributed by atoms with E-state index in [1.54, 1.807) is 4.57 Å². The van der Waals surface area contributed by atoms with Crippen LogP contribution in [0.15, 0.2) is 43.0 Å². The summed E-state index contributed by atoms with van der Waals surface area (Å²) in [5.74, 6) is -0.570. The molecule has 0 spiro atoms. The molecule has 11 heteroatoms. The van der Waals surface area contributed by atoms with Crippen LogP contribution in [0, 0.1) is 5.92 Å². The first-order chi connectivity index (χ1) is 16.4. The summed E-state index contributed by atoms with van der Waals surface area (Å²) < 4.78 is 7.63. The molecule has 3 aromatic rings. The molecule has 1 aliphatic heterocycles. The van der Waals surface area contributed by atoms with Crippen LogP contribution < -0.4 is 11.1 Å². The summed E-state index contributed by atoms with van der Waals surface area (Å²) in [6, 6.07) is 9.97. The number of aliphatic carboxylic acids is 1. The Morgan fingerprint density at radius 2 is 1.97 bits per heavy atom. The van der Waals surface area contributed by atoms with Crippen LogP contribution in [0.25, 0.3) is 11.2 Å². The van der Waals surface area contributed by atoms with Crippen molar-refractivity contribution in [1.29, 1.82) is 0 Å². The van der Waals surface area contributed by atoms with Crippen LogP contribution in [0.2, 0.25) is 0 Å². The zero-order valence-corrected chi connectivity index (χ0v) is 18.7. The molecule has 0 amide bonds. The van der Waals surface area contributed by atoms with Crippen molar-refractivity contribution in [2.75, 3.05) is 12.3 Å². The van der Waals surface area contributed by atoms with Gasteiger partial charge in [0.25, 0.3) is 0 Å². The lowest BCUT2D eigenvalue weighted by Gasteiger charge is -2.23. The molecular weight excluding hydrogens is 440 g/mol. The third-order valence-electron chi connectivity index (χ3n) is 6.17. The first-order valence-electron chi connectivity index (χ1n) is 11.3. The number of nitrogen functional groups attached to an aromatic ring is 1. The van der Waals surface area contributed by atoms with Gasteiger partial charge in [0.2, 0.25) is 0 Å². The van der Waals surface area contributed by atoms with Crippen molar-refractivity contribution in [3.63, 3.8) is 0 Å². The highest BCUT2D eigenvalue weighted by molar-refractivity contribution is 5.81. The second kappa shape index (κ2) is 10.9. The highest BCUT2D eigenvalue weighted by Gasteiger charge is 2.44. The molecule has 6 N–H and O–H groups in total. The summed E-state index contributed by atoms with van der Waals surface area (Å²) in [4.78, 5) is 23.3. The summed E-state index contributed by atoms with van der Waals surface area (Å²) in [7, 11) is 0. The van der Waals surface area contributed by atoms with E-state index in [1.165, 1.54) is 12.7 Å². The van der Waals surface area contributed by atoms with E-state index in [4.69, 9.17) is 15.6 Å². The molecule has 5 atom stereocenters. The fourth-order valence-electron chi connectivity index (χ4n) is 4.40. The average Bonchev–Trinajstić information content (AvgIpc) is 3.37. The number of carboxylic acids is 1. The number of carboxylic acid groups (broad SMARTS) is 1. The maximum absolute atomic E-state index is 11.0. The first-order valence-corrected chi connectivity index (χ1v) is 11.3. The minimum atomic E-state index is -1.18. The number of fused-ring (bicyclic) bond motifs is 1. The minimum Gasteiger partial charge on any atom is -0.481 e. The van der Waals surface area contributed by atoms with E-state index < -0.39 is 30.5 Å². The van der Waals surface area contributed by atoms with E-state index in [0.717, 1.165) is 5.56 Å². The molecule has 1 fully saturated rings. The van der Waals surface area contributed by atoms with Crippen molar-refractivity contribution in [2.24, 2.45) is 5.92 Å². The molecule has 3 heterocycles. The van der Waals surface area contributed by atoms with E-state index in [9.17, 15) is 15.0 Å². The molecule has 0 aliphatic carbocycles. The summed E-state index contributed by atoms with van der Waals surface area (Å²) >= 11 is 0. The predicted molar refractivity (Wildman–Crippen MR) is 123 cm³/mol. The molecule has 0 radical (unpaired) electrons. The molecular formula is C23H30N6O5.